The molecule has 7 aromatic rings. The molecule has 0 radical (unpaired) electrons. The number of hydrogen-bond acceptors (Lipinski definition) is 1. The molecule has 200 valence electrons. The van der Waals surface area contributed by atoms with Crippen molar-refractivity contribution < 1.29 is 0 Å². The van der Waals surface area contributed by atoms with E-state index in [1.54, 1.807) is 0 Å². The minimum Gasteiger partial charge on any atom is -0.309 e. The normalized spacial score (nSPS) is 13.2. The highest BCUT2D eigenvalue weighted by molar-refractivity contribution is 6.15. The highest BCUT2D eigenvalue weighted by atomic mass is 15.1. The van der Waals surface area contributed by atoms with Gasteiger partial charge in [-0.25, -0.2) is 0 Å². The van der Waals surface area contributed by atoms with E-state index < -0.39 is 0 Å². The van der Waals surface area contributed by atoms with Crippen LogP contribution in [0.2, 0.25) is 0 Å². The van der Waals surface area contributed by atoms with Crippen LogP contribution in [-0.2, 0) is 5.41 Å². The van der Waals surface area contributed by atoms with Crippen LogP contribution in [0.3, 0.4) is 0 Å². The van der Waals surface area contributed by atoms with Crippen LogP contribution in [0.4, 0.5) is 17.1 Å². The number of para-hydroxylation sites is 1. The number of hydrogen-bond donors (Lipinski definition) is 0. The first-order valence-electron chi connectivity index (χ1n) is 14.7. The zero-order valence-electron chi connectivity index (χ0n) is 23.9. The lowest BCUT2D eigenvalue weighted by atomic mass is 9.82. The summed E-state index contributed by atoms with van der Waals surface area (Å²) in [6.45, 7) is 4.69. The average molecular weight is 538 g/mol. The van der Waals surface area contributed by atoms with Gasteiger partial charge in [0.15, 0.2) is 0 Å². The average Bonchev–Trinajstić information content (AvgIpc) is 3.28. The Morgan fingerprint density at radius 3 is 1.88 bits per heavy atom. The molecule has 0 fully saturated rings. The topological polar surface area (TPSA) is 3.24 Å². The van der Waals surface area contributed by atoms with E-state index in [2.05, 4.69) is 170 Å². The molecule has 0 aliphatic heterocycles. The highest BCUT2D eigenvalue weighted by Gasteiger charge is 2.35. The van der Waals surface area contributed by atoms with Crippen molar-refractivity contribution >= 4 is 38.6 Å². The second-order valence-corrected chi connectivity index (χ2v) is 11.8. The van der Waals surface area contributed by atoms with Crippen LogP contribution in [-0.4, -0.2) is 0 Å². The van der Waals surface area contributed by atoms with Crippen LogP contribution in [0.5, 0.6) is 0 Å². The second kappa shape index (κ2) is 9.46. The van der Waals surface area contributed by atoms with Gasteiger partial charge in [-0.05, 0) is 68.2 Å². The Morgan fingerprint density at radius 1 is 0.429 bits per heavy atom. The molecular weight excluding hydrogens is 506 g/mol. The molecule has 8 rings (SSSR count). The van der Waals surface area contributed by atoms with E-state index in [0.717, 1.165) is 11.4 Å². The van der Waals surface area contributed by atoms with E-state index in [-0.39, 0.29) is 5.41 Å². The van der Waals surface area contributed by atoms with E-state index >= 15 is 0 Å². The van der Waals surface area contributed by atoms with Gasteiger partial charge in [0, 0.05) is 22.1 Å². The fraction of sp³-hybridized carbons (Fsp3) is 0.0732. The van der Waals surface area contributed by atoms with Crippen molar-refractivity contribution in [1.29, 1.82) is 0 Å². The van der Waals surface area contributed by atoms with Gasteiger partial charge in [0.1, 0.15) is 0 Å². The zero-order valence-corrected chi connectivity index (χ0v) is 23.9. The molecule has 0 N–H and O–H groups in total. The number of anilines is 3. The smallest absolute Gasteiger partial charge is 0.0546 e. The molecule has 1 heteroatoms. The van der Waals surface area contributed by atoms with Crippen LogP contribution < -0.4 is 4.90 Å². The van der Waals surface area contributed by atoms with Crippen molar-refractivity contribution in [3.05, 3.63) is 163 Å². The van der Waals surface area contributed by atoms with Gasteiger partial charge in [-0.1, -0.05) is 141 Å². The number of benzene rings is 7. The van der Waals surface area contributed by atoms with E-state index in [9.17, 15) is 0 Å². The molecule has 1 aliphatic rings. The Labute approximate surface area is 247 Å². The summed E-state index contributed by atoms with van der Waals surface area (Å²) in [7, 11) is 0. The van der Waals surface area contributed by atoms with Crippen molar-refractivity contribution in [2.24, 2.45) is 0 Å². The fourth-order valence-electron chi connectivity index (χ4n) is 7.01. The Bertz CT molecular complexity index is 2120. The Hall–Kier alpha value is -5.14. The Morgan fingerprint density at radius 2 is 1.05 bits per heavy atom. The van der Waals surface area contributed by atoms with Gasteiger partial charge < -0.3 is 4.90 Å². The third-order valence-corrected chi connectivity index (χ3v) is 9.04. The summed E-state index contributed by atoms with van der Waals surface area (Å²) in [6.07, 6.45) is 0. The van der Waals surface area contributed by atoms with Crippen molar-refractivity contribution in [3.63, 3.8) is 0 Å². The minimum absolute atomic E-state index is 0.0348. The minimum atomic E-state index is -0.0348. The molecule has 42 heavy (non-hydrogen) atoms. The van der Waals surface area contributed by atoms with E-state index in [0.29, 0.717) is 0 Å². The highest BCUT2D eigenvalue weighted by Crippen LogP contribution is 2.52. The van der Waals surface area contributed by atoms with Crippen molar-refractivity contribution in [1.82, 2.24) is 0 Å². The second-order valence-electron chi connectivity index (χ2n) is 11.8. The maximum atomic E-state index is 2.48. The first-order valence-corrected chi connectivity index (χ1v) is 14.7. The summed E-state index contributed by atoms with van der Waals surface area (Å²) in [5.41, 5.74) is 11.3. The van der Waals surface area contributed by atoms with Gasteiger partial charge in [0.25, 0.3) is 0 Å². The summed E-state index contributed by atoms with van der Waals surface area (Å²) >= 11 is 0. The third kappa shape index (κ3) is 3.71. The maximum absolute atomic E-state index is 2.48. The lowest BCUT2D eigenvalue weighted by Gasteiger charge is -2.30. The molecule has 0 aromatic heterocycles. The molecule has 0 heterocycles. The molecule has 0 unspecified atom stereocenters. The number of nitrogens with zero attached hydrogens (tertiary/aromatic N) is 1. The van der Waals surface area contributed by atoms with Crippen LogP contribution >= 0.6 is 0 Å². The largest absolute Gasteiger partial charge is 0.309 e. The zero-order chi connectivity index (χ0) is 28.3. The Kier molecular flexibility index (Phi) is 5.55. The van der Waals surface area contributed by atoms with Gasteiger partial charge in [-0.3, -0.25) is 0 Å². The summed E-state index contributed by atoms with van der Waals surface area (Å²) < 4.78 is 0. The lowest BCUT2D eigenvalue weighted by Crippen LogP contribution is -2.15. The number of fused-ring (bicyclic) bond motifs is 6. The predicted molar refractivity (Wildman–Crippen MR) is 179 cm³/mol. The molecule has 7 aromatic carbocycles. The molecular formula is C41H31N. The maximum Gasteiger partial charge on any atom is 0.0546 e. The standard InChI is InChI=1S/C41H31N/c1-41(2)37-22-12-10-20-34(37)36-27-30(24-25-38(36)41)42(39-23-13-11-18-32(39)28-14-4-3-5-15-28)40-26-29-16-6-7-17-31(29)33-19-8-9-21-35(33)40/h3-27H,1-2H3. The predicted octanol–water partition coefficient (Wildman–Crippen LogP) is 11.4. The van der Waals surface area contributed by atoms with Crippen molar-refractivity contribution in [3.8, 4) is 22.3 Å². The fourth-order valence-corrected chi connectivity index (χ4v) is 7.01. The molecule has 0 saturated carbocycles. The molecule has 0 saturated heterocycles. The number of rotatable bonds is 4. The van der Waals surface area contributed by atoms with Crippen LogP contribution in [0.1, 0.15) is 25.0 Å². The van der Waals surface area contributed by atoms with Crippen LogP contribution in [0.15, 0.2) is 152 Å². The summed E-state index contributed by atoms with van der Waals surface area (Å²) in [6, 6.07) is 55.4. The van der Waals surface area contributed by atoms with E-state index in [1.807, 2.05) is 0 Å². The monoisotopic (exact) mass is 537 g/mol. The van der Waals surface area contributed by atoms with Crippen LogP contribution in [0, 0.1) is 0 Å². The third-order valence-electron chi connectivity index (χ3n) is 9.04. The first-order chi connectivity index (χ1) is 20.6. The lowest BCUT2D eigenvalue weighted by molar-refractivity contribution is 0.660. The summed E-state index contributed by atoms with van der Waals surface area (Å²) in [5.74, 6) is 0. The van der Waals surface area contributed by atoms with Crippen LogP contribution in [0.25, 0.3) is 43.8 Å². The summed E-state index contributed by atoms with van der Waals surface area (Å²) in [5, 5.41) is 5.01. The SMILES string of the molecule is CC1(C)c2ccccc2-c2cc(N(c3ccccc3-c3ccccc3)c3cc4ccccc4c4ccccc34)ccc21. The van der Waals surface area contributed by atoms with Gasteiger partial charge in [0.2, 0.25) is 0 Å². The van der Waals surface area contributed by atoms with Gasteiger partial charge in [-0.15, -0.1) is 0 Å². The van der Waals surface area contributed by atoms with Gasteiger partial charge >= 0.3 is 0 Å². The van der Waals surface area contributed by atoms with E-state index in [4.69, 9.17) is 0 Å². The van der Waals surface area contributed by atoms with Gasteiger partial charge in [-0.2, -0.15) is 0 Å². The van der Waals surface area contributed by atoms with Crippen molar-refractivity contribution in [2.45, 2.75) is 19.3 Å². The van der Waals surface area contributed by atoms with E-state index in [1.165, 1.54) is 60.6 Å². The summed E-state index contributed by atoms with van der Waals surface area (Å²) in [4.78, 5) is 2.48. The Balaban J connectivity index is 1.46. The van der Waals surface area contributed by atoms with Gasteiger partial charge in [0.05, 0.1) is 11.4 Å². The quantitative estimate of drug-likeness (QED) is 0.202. The molecule has 0 amide bonds. The first kappa shape index (κ1) is 24.6. The molecule has 1 aliphatic carbocycles. The molecule has 0 spiro atoms. The van der Waals surface area contributed by atoms with Crippen molar-refractivity contribution in [2.75, 3.05) is 4.90 Å². The molecule has 0 bridgehead atoms. The molecule has 0 atom stereocenters. The molecule has 1 nitrogen and oxygen atoms in total.